The minimum Gasteiger partial charge on any atom is -0.452 e. The lowest BCUT2D eigenvalue weighted by Gasteiger charge is -2.10. The molecule has 1 aromatic rings. The van der Waals surface area contributed by atoms with Gasteiger partial charge in [0.2, 0.25) is 0 Å². The minimum absolute atomic E-state index is 0.00145. The summed E-state index contributed by atoms with van der Waals surface area (Å²) in [5.41, 5.74) is -0.197. The molecule has 0 bridgehead atoms. The number of benzene rings is 1. The molecule has 0 atom stereocenters. The molecule has 5 nitrogen and oxygen atoms in total. The van der Waals surface area contributed by atoms with Crippen LogP contribution in [0.4, 0.5) is 8.78 Å². The molecule has 0 aliphatic rings. The molecular weight excluding hydrogens is 272 g/mol. The van der Waals surface area contributed by atoms with E-state index in [4.69, 9.17) is 6.42 Å². The summed E-state index contributed by atoms with van der Waals surface area (Å²) >= 11 is 0. The van der Waals surface area contributed by atoms with Crippen LogP contribution in [-0.4, -0.2) is 31.6 Å². The number of halogens is 2. The normalized spacial score (nSPS) is 9.70. The molecule has 0 spiro atoms. The summed E-state index contributed by atoms with van der Waals surface area (Å²) in [4.78, 5) is 22.8. The van der Waals surface area contributed by atoms with Crippen molar-refractivity contribution in [2.75, 3.05) is 13.2 Å². The van der Waals surface area contributed by atoms with Crippen molar-refractivity contribution in [2.45, 2.75) is 6.61 Å². The van der Waals surface area contributed by atoms with Crippen molar-refractivity contribution in [1.82, 2.24) is 5.32 Å². The Morgan fingerprint density at radius 3 is 2.70 bits per heavy atom. The molecule has 0 aliphatic heterocycles. The first-order chi connectivity index (χ1) is 9.54. The number of carbonyl (C=O) groups excluding carboxylic acids is 2. The second-order valence-corrected chi connectivity index (χ2v) is 3.43. The second kappa shape index (κ2) is 7.74. The maximum atomic E-state index is 12.2. The highest BCUT2D eigenvalue weighted by Crippen LogP contribution is 2.20. The smallest absolute Gasteiger partial charge is 0.387 e. The molecule has 1 rings (SSSR count). The predicted molar refractivity (Wildman–Crippen MR) is 65.2 cm³/mol. The molecule has 0 fully saturated rings. The lowest BCUT2D eigenvalue weighted by atomic mass is 10.2. The zero-order valence-electron chi connectivity index (χ0n) is 10.3. The first kappa shape index (κ1) is 15.4. The van der Waals surface area contributed by atoms with E-state index in [9.17, 15) is 18.4 Å². The molecule has 0 saturated heterocycles. The van der Waals surface area contributed by atoms with Crippen molar-refractivity contribution in [3.8, 4) is 18.1 Å². The quantitative estimate of drug-likeness (QED) is 0.629. The van der Waals surface area contributed by atoms with Gasteiger partial charge < -0.3 is 14.8 Å². The number of alkyl halides is 2. The molecule has 0 aliphatic carbocycles. The van der Waals surface area contributed by atoms with Gasteiger partial charge in [-0.05, 0) is 12.1 Å². The highest BCUT2D eigenvalue weighted by atomic mass is 19.3. The predicted octanol–water partition coefficient (Wildman–Crippen LogP) is 1.19. The van der Waals surface area contributed by atoms with E-state index in [1.807, 2.05) is 0 Å². The van der Waals surface area contributed by atoms with Gasteiger partial charge in [-0.2, -0.15) is 8.78 Å². The fourth-order valence-electron chi connectivity index (χ4n) is 1.24. The van der Waals surface area contributed by atoms with Crippen LogP contribution in [0, 0.1) is 12.3 Å². The molecule has 0 radical (unpaired) electrons. The van der Waals surface area contributed by atoms with Gasteiger partial charge in [0.05, 0.1) is 6.54 Å². The number of ether oxygens (including phenoxy) is 2. The Morgan fingerprint density at radius 1 is 1.35 bits per heavy atom. The number of amides is 1. The number of hydrogen-bond donors (Lipinski definition) is 1. The summed E-state index contributed by atoms with van der Waals surface area (Å²) in [5.74, 6) is 0.309. The Morgan fingerprint density at radius 2 is 2.05 bits per heavy atom. The lowest BCUT2D eigenvalue weighted by Crippen LogP contribution is -2.29. The monoisotopic (exact) mass is 283 g/mol. The summed E-state index contributed by atoms with van der Waals surface area (Å²) in [5, 5.41) is 2.28. The van der Waals surface area contributed by atoms with Gasteiger partial charge in [-0.15, -0.1) is 6.42 Å². The van der Waals surface area contributed by atoms with Crippen LogP contribution >= 0.6 is 0 Å². The fourth-order valence-corrected chi connectivity index (χ4v) is 1.24. The van der Waals surface area contributed by atoms with Crippen molar-refractivity contribution in [3.63, 3.8) is 0 Å². The molecule has 1 N–H and O–H groups in total. The Kier molecular flexibility index (Phi) is 5.97. The summed E-state index contributed by atoms with van der Waals surface area (Å²) in [6.07, 6.45) is 4.93. The Balaban J connectivity index is 2.64. The zero-order chi connectivity index (χ0) is 15.0. The van der Waals surface area contributed by atoms with E-state index in [1.54, 1.807) is 0 Å². The van der Waals surface area contributed by atoms with Crippen molar-refractivity contribution < 1.29 is 27.8 Å². The molecule has 0 saturated carbocycles. The maximum absolute atomic E-state index is 12.2. The number of terminal acetylenes is 1. The number of carbonyl (C=O) groups is 2. The van der Waals surface area contributed by atoms with E-state index in [-0.39, 0.29) is 17.9 Å². The number of rotatable bonds is 6. The van der Waals surface area contributed by atoms with E-state index in [0.717, 1.165) is 0 Å². The van der Waals surface area contributed by atoms with Crippen molar-refractivity contribution in [1.29, 1.82) is 0 Å². The van der Waals surface area contributed by atoms with Crippen molar-refractivity contribution in [2.24, 2.45) is 0 Å². The molecule has 0 unspecified atom stereocenters. The average Bonchev–Trinajstić information content (AvgIpc) is 2.42. The van der Waals surface area contributed by atoms with Crippen LogP contribution in [0.1, 0.15) is 10.4 Å². The summed E-state index contributed by atoms with van der Waals surface area (Å²) in [6, 6.07) is 5.32. The van der Waals surface area contributed by atoms with Gasteiger partial charge in [0.15, 0.2) is 6.61 Å². The number of nitrogens with one attached hydrogen (secondary N) is 1. The maximum Gasteiger partial charge on any atom is 0.387 e. The van der Waals surface area contributed by atoms with Crippen molar-refractivity contribution >= 4 is 11.9 Å². The fraction of sp³-hybridized carbons (Fsp3) is 0.231. The third kappa shape index (κ3) is 4.94. The van der Waals surface area contributed by atoms with Crippen LogP contribution in [0.15, 0.2) is 24.3 Å². The SMILES string of the molecule is C#CCNC(=O)COC(=O)c1ccccc1OC(F)F. The first-order valence-corrected chi connectivity index (χ1v) is 5.45. The van der Waals surface area contributed by atoms with Crippen molar-refractivity contribution in [3.05, 3.63) is 29.8 Å². The molecule has 1 aromatic carbocycles. The van der Waals surface area contributed by atoms with Crippen LogP contribution in [0.25, 0.3) is 0 Å². The third-order valence-corrected chi connectivity index (χ3v) is 2.05. The molecule has 106 valence electrons. The van der Waals surface area contributed by atoms with Crippen LogP contribution in [0.3, 0.4) is 0 Å². The molecule has 0 heterocycles. The number of para-hydroxylation sites is 1. The van der Waals surface area contributed by atoms with Gasteiger partial charge >= 0.3 is 12.6 Å². The van der Waals surface area contributed by atoms with Crippen LogP contribution < -0.4 is 10.1 Å². The zero-order valence-corrected chi connectivity index (χ0v) is 10.3. The van der Waals surface area contributed by atoms with Gasteiger partial charge in [-0.25, -0.2) is 4.79 Å². The third-order valence-electron chi connectivity index (χ3n) is 2.05. The Bertz CT molecular complexity index is 525. The van der Waals surface area contributed by atoms with Gasteiger partial charge in [0, 0.05) is 0 Å². The molecule has 7 heteroatoms. The Hall–Kier alpha value is -2.62. The number of esters is 1. The summed E-state index contributed by atoms with van der Waals surface area (Å²) in [7, 11) is 0. The molecule has 0 aromatic heterocycles. The largest absolute Gasteiger partial charge is 0.452 e. The topological polar surface area (TPSA) is 64.6 Å². The van der Waals surface area contributed by atoms with E-state index >= 15 is 0 Å². The van der Waals surface area contributed by atoms with Crippen LogP contribution in [0.5, 0.6) is 5.75 Å². The first-order valence-electron chi connectivity index (χ1n) is 5.45. The average molecular weight is 283 g/mol. The van der Waals surface area contributed by atoms with E-state index in [1.165, 1.54) is 24.3 Å². The second-order valence-electron chi connectivity index (χ2n) is 3.43. The standard InChI is InChI=1S/C13H11F2NO4/c1-2-7-16-11(17)8-19-12(18)9-5-3-4-6-10(9)20-13(14)15/h1,3-6,13H,7-8H2,(H,16,17). The summed E-state index contributed by atoms with van der Waals surface area (Å²) in [6.45, 7) is -3.63. The van der Waals surface area contributed by atoms with E-state index < -0.39 is 25.1 Å². The van der Waals surface area contributed by atoms with Crippen LogP contribution in [0.2, 0.25) is 0 Å². The van der Waals surface area contributed by atoms with E-state index in [0.29, 0.717) is 0 Å². The van der Waals surface area contributed by atoms with Crippen LogP contribution in [-0.2, 0) is 9.53 Å². The van der Waals surface area contributed by atoms with Gasteiger partial charge in [-0.1, -0.05) is 18.1 Å². The molecule has 1 amide bonds. The van der Waals surface area contributed by atoms with Gasteiger partial charge in [0.25, 0.3) is 5.91 Å². The number of hydrogen-bond acceptors (Lipinski definition) is 4. The summed E-state index contributed by atoms with van der Waals surface area (Å²) < 4.78 is 33.2. The molecular formula is C13H11F2NO4. The lowest BCUT2D eigenvalue weighted by molar-refractivity contribution is -0.124. The highest BCUT2D eigenvalue weighted by molar-refractivity contribution is 5.94. The molecule has 20 heavy (non-hydrogen) atoms. The highest BCUT2D eigenvalue weighted by Gasteiger charge is 2.17. The Labute approximate surface area is 113 Å². The van der Waals surface area contributed by atoms with Gasteiger partial charge in [-0.3, -0.25) is 4.79 Å². The van der Waals surface area contributed by atoms with E-state index in [2.05, 4.69) is 20.7 Å². The minimum atomic E-state index is -3.07. The van der Waals surface area contributed by atoms with Gasteiger partial charge in [0.1, 0.15) is 11.3 Å².